The topological polar surface area (TPSA) is 252 Å². The number of nitrogens with zero attached hydrogens (tertiary/aromatic N) is 1. The molecule has 0 saturated heterocycles. The molecule has 0 heterocycles. The number of aliphatic imine (C=N–C) groups is 1. The van der Waals surface area contributed by atoms with E-state index in [4.69, 9.17) is 22.3 Å². The Hall–Kier alpha value is -3.85. The van der Waals surface area contributed by atoms with Crippen LogP contribution in [-0.2, 0) is 30.4 Å². The van der Waals surface area contributed by atoms with Crippen LogP contribution in [0.2, 0.25) is 0 Å². The summed E-state index contributed by atoms with van der Waals surface area (Å²) in [6.07, 6.45) is 1.74. The second-order valence-electron chi connectivity index (χ2n) is 8.98. The molecule has 11 N–H and O–H groups in total. The number of hydrogen-bond acceptors (Lipinski definition) is 8. The Labute approximate surface area is 236 Å². The first-order valence-electron chi connectivity index (χ1n) is 12.6. The minimum absolute atomic E-state index is 0.0108. The number of amides is 3. The Morgan fingerprint density at radius 2 is 1.45 bits per heavy atom. The maximum atomic E-state index is 13.2. The average molecular weight is 582 g/mol. The van der Waals surface area contributed by atoms with Crippen molar-refractivity contribution in [2.75, 3.05) is 18.6 Å². The quantitative estimate of drug-likeness (QED) is 0.0545. The van der Waals surface area contributed by atoms with Crippen molar-refractivity contribution in [1.82, 2.24) is 16.0 Å². The Kier molecular flexibility index (Phi) is 15.8. The Bertz CT molecular complexity index is 1020. The Balaban J connectivity index is 2.95. The van der Waals surface area contributed by atoms with Crippen LogP contribution < -0.4 is 33.2 Å². The Morgan fingerprint density at radius 3 is 2.00 bits per heavy atom. The van der Waals surface area contributed by atoms with E-state index < -0.39 is 60.2 Å². The van der Waals surface area contributed by atoms with Crippen LogP contribution in [-0.4, -0.2) is 88.6 Å². The van der Waals surface area contributed by atoms with E-state index in [-0.39, 0.29) is 44.6 Å². The second-order valence-corrected chi connectivity index (χ2v) is 9.97. The van der Waals surface area contributed by atoms with Gasteiger partial charge in [-0.25, -0.2) is 4.79 Å². The zero-order valence-electron chi connectivity index (χ0n) is 22.4. The number of hydrogen-bond donors (Lipinski definition) is 8. The summed E-state index contributed by atoms with van der Waals surface area (Å²) in [7, 11) is 0. The summed E-state index contributed by atoms with van der Waals surface area (Å²) < 4.78 is 0. The molecular weight excluding hydrogens is 542 g/mol. The number of nitrogens with two attached hydrogens (primary N) is 3. The van der Waals surface area contributed by atoms with Gasteiger partial charge in [-0.05, 0) is 49.7 Å². The summed E-state index contributed by atoms with van der Waals surface area (Å²) in [5.74, 6) is -4.36. The molecule has 0 aliphatic carbocycles. The molecule has 222 valence electrons. The van der Waals surface area contributed by atoms with Crippen LogP contribution in [0.25, 0.3) is 0 Å². The molecule has 0 radical (unpaired) electrons. The highest BCUT2D eigenvalue weighted by molar-refractivity contribution is 7.98. The summed E-state index contributed by atoms with van der Waals surface area (Å²) in [4.78, 5) is 65.5. The van der Waals surface area contributed by atoms with Gasteiger partial charge in [0.05, 0.1) is 6.04 Å². The molecule has 4 unspecified atom stereocenters. The monoisotopic (exact) mass is 581 g/mol. The first kappa shape index (κ1) is 34.2. The number of carbonyl (C=O) groups excluding carboxylic acids is 3. The molecule has 0 aliphatic rings. The van der Waals surface area contributed by atoms with Gasteiger partial charge in [0, 0.05) is 13.0 Å². The van der Waals surface area contributed by atoms with E-state index in [1.807, 2.05) is 36.6 Å². The molecule has 1 aromatic carbocycles. The summed E-state index contributed by atoms with van der Waals surface area (Å²) in [6.45, 7) is 0.143. The highest BCUT2D eigenvalue weighted by Crippen LogP contribution is 2.08. The number of carbonyl (C=O) groups is 5. The number of benzene rings is 1. The van der Waals surface area contributed by atoms with Crippen LogP contribution in [0.15, 0.2) is 35.3 Å². The van der Waals surface area contributed by atoms with Crippen LogP contribution in [0.5, 0.6) is 0 Å². The summed E-state index contributed by atoms with van der Waals surface area (Å²) in [6, 6.07) is 4.42. The molecule has 0 bridgehead atoms. The van der Waals surface area contributed by atoms with Crippen LogP contribution in [0.1, 0.15) is 37.7 Å². The van der Waals surface area contributed by atoms with E-state index in [1.165, 1.54) is 11.8 Å². The van der Waals surface area contributed by atoms with Gasteiger partial charge < -0.3 is 43.4 Å². The fraction of sp³-hybridized carbons (Fsp3) is 0.520. The lowest BCUT2D eigenvalue weighted by atomic mass is 10.0. The van der Waals surface area contributed by atoms with Gasteiger partial charge in [-0.1, -0.05) is 30.3 Å². The first-order valence-corrected chi connectivity index (χ1v) is 14.0. The maximum absolute atomic E-state index is 13.2. The minimum atomic E-state index is -1.37. The van der Waals surface area contributed by atoms with E-state index in [0.29, 0.717) is 5.75 Å². The zero-order chi connectivity index (χ0) is 30.1. The van der Waals surface area contributed by atoms with Crippen LogP contribution in [0.4, 0.5) is 0 Å². The van der Waals surface area contributed by atoms with Gasteiger partial charge >= 0.3 is 11.9 Å². The van der Waals surface area contributed by atoms with Crippen molar-refractivity contribution in [2.24, 2.45) is 22.2 Å². The largest absolute Gasteiger partial charge is 0.481 e. The molecule has 0 spiro atoms. The van der Waals surface area contributed by atoms with Gasteiger partial charge in [-0.3, -0.25) is 24.2 Å². The molecular formula is C25H39N7O7S. The number of carboxylic acids is 2. The SMILES string of the molecule is CSCCC(NC(=O)C(N)Cc1ccccc1)C(=O)NC(CCC(=O)O)C(=O)NC(CCCN=C(N)N)C(=O)O. The lowest BCUT2D eigenvalue weighted by molar-refractivity contribution is -0.143. The minimum Gasteiger partial charge on any atom is -0.481 e. The first-order chi connectivity index (χ1) is 18.9. The molecule has 0 aromatic heterocycles. The number of thioether (sulfide) groups is 1. The van der Waals surface area contributed by atoms with Crippen molar-refractivity contribution in [2.45, 2.75) is 62.7 Å². The van der Waals surface area contributed by atoms with Crippen molar-refractivity contribution in [1.29, 1.82) is 0 Å². The highest BCUT2D eigenvalue weighted by atomic mass is 32.2. The van der Waals surface area contributed by atoms with Crippen molar-refractivity contribution in [3.8, 4) is 0 Å². The van der Waals surface area contributed by atoms with Gasteiger partial charge in [0.15, 0.2) is 5.96 Å². The molecule has 14 nitrogen and oxygen atoms in total. The number of carboxylic acid groups (broad SMARTS) is 2. The molecule has 3 amide bonds. The van der Waals surface area contributed by atoms with Gasteiger partial charge in [-0.2, -0.15) is 11.8 Å². The predicted octanol–water partition coefficient (Wildman–Crippen LogP) is -1.23. The number of nitrogens with one attached hydrogen (secondary N) is 3. The van der Waals surface area contributed by atoms with Crippen molar-refractivity contribution < 1.29 is 34.2 Å². The van der Waals surface area contributed by atoms with Gasteiger partial charge in [0.2, 0.25) is 17.7 Å². The molecule has 1 aromatic rings. The molecule has 0 fully saturated rings. The molecule has 1 rings (SSSR count). The molecule has 0 saturated carbocycles. The Morgan fingerprint density at radius 1 is 0.875 bits per heavy atom. The normalized spacial score (nSPS) is 13.7. The van der Waals surface area contributed by atoms with Crippen LogP contribution in [0, 0.1) is 0 Å². The van der Waals surface area contributed by atoms with Crippen molar-refractivity contribution in [3.63, 3.8) is 0 Å². The van der Waals surface area contributed by atoms with E-state index in [0.717, 1.165) is 5.56 Å². The molecule has 40 heavy (non-hydrogen) atoms. The molecule has 15 heteroatoms. The van der Waals surface area contributed by atoms with Crippen LogP contribution >= 0.6 is 11.8 Å². The molecule has 4 atom stereocenters. The third-order valence-electron chi connectivity index (χ3n) is 5.72. The fourth-order valence-corrected chi connectivity index (χ4v) is 4.06. The standard InChI is InChI=1S/C25H39N7O7S/c1-40-13-11-18(30-21(35)16(26)14-15-6-3-2-4-7-15)23(37)31-17(9-10-20(33)34)22(36)32-19(24(38)39)8-5-12-29-25(27)28/h2-4,6-7,16-19H,5,8-14,26H2,1H3,(H,30,35)(H,31,37)(H,32,36)(H,33,34)(H,38,39)(H4,27,28,29). The van der Waals surface area contributed by atoms with Gasteiger partial charge in [0.1, 0.15) is 18.1 Å². The fourth-order valence-electron chi connectivity index (χ4n) is 3.59. The summed E-state index contributed by atoms with van der Waals surface area (Å²) >= 11 is 1.44. The molecule has 0 aliphatic heterocycles. The van der Waals surface area contributed by atoms with Crippen LogP contribution in [0.3, 0.4) is 0 Å². The van der Waals surface area contributed by atoms with Crippen molar-refractivity contribution >= 4 is 47.4 Å². The maximum Gasteiger partial charge on any atom is 0.326 e. The number of aliphatic carboxylic acids is 2. The predicted molar refractivity (Wildman–Crippen MR) is 151 cm³/mol. The van der Waals surface area contributed by atoms with Gasteiger partial charge in [-0.15, -0.1) is 0 Å². The third kappa shape index (κ3) is 13.8. The second kappa shape index (κ2) is 18.4. The summed E-state index contributed by atoms with van der Waals surface area (Å²) in [5, 5.41) is 26.1. The van der Waals surface area contributed by atoms with E-state index in [9.17, 15) is 29.1 Å². The highest BCUT2D eigenvalue weighted by Gasteiger charge is 2.30. The zero-order valence-corrected chi connectivity index (χ0v) is 23.2. The van der Waals surface area contributed by atoms with E-state index in [2.05, 4.69) is 20.9 Å². The van der Waals surface area contributed by atoms with Crippen molar-refractivity contribution in [3.05, 3.63) is 35.9 Å². The lowest BCUT2D eigenvalue weighted by Crippen LogP contribution is -2.57. The van der Waals surface area contributed by atoms with Gasteiger partial charge in [0.25, 0.3) is 0 Å². The summed E-state index contributed by atoms with van der Waals surface area (Å²) in [5.41, 5.74) is 17.4. The van der Waals surface area contributed by atoms with E-state index >= 15 is 0 Å². The van der Waals surface area contributed by atoms with E-state index in [1.54, 1.807) is 0 Å². The number of guanidine groups is 1. The third-order valence-corrected chi connectivity index (χ3v) is 6.36. The smallest absolute Gasteiger partial charge is 0.326 e. The number of rotatable bonds is 19. The lowest BCUT2D eigenvalue weighted by Gasteiger charge is -2.25. The average Bonchev–Trinajstić information content (AvgIpc) is 2.90.